The second kappa shape index (κ2) is 5.45. The highest BCUT2D eigenvalue weighted by Crippen LogP contribution is 2.33. The van der Waals surface area contributed by atoms with Gasteiger partial charge in [-0.25, -0.2) is 0 Å². The Kier molecular flexibility index (Phi) is 3.93. The summed E-state index contributed by atoms with van der Waals surface area (Å²) in [6.07, 6.45) is 1.55. The molecule has 1 aliphatic heterocycles. The van der Waals surface area contributed by atoms with Crippen LogP contribution < -0.4 is 0 Å². The molecular weight excluding hydrogens is 240 g/mol. The second-order valence-corrected chi connectivity index (χ2v) is 4.22. The molecule has 2 heterocycles. The molecule has 18 heavy (non-hydrogen) atoms. The van der Waals surface area contributed by atoms with Gasteiger partial charge in [-0.1, -0.05) is 5.16 Å². The number of hydrogen-bond donors (Lipinski definition) is 1. The summed E-state index contributed by atoms with van der Waals surface area (Å²) < 4.78 is 15.9. The van der Waals surface area contributed by atoms with Crippen LogP contribution in [0.4, 0.5) is 0 Å². The van der Waals surface area contributed by atoms with Crippen LogP contribution >= 0.6 is 0 Å². The first kappa shape index (κ1) is 13.0. The molecule has 0 atom stereocenters. The molecule has 2 rings (SSSR count). The summed E-state index contributed by atoms with van der Waals surface area (Å²) in [5.41, 5.74) is -0.566. The number of methoxy groups -OCH3 is 1. The Bertz CT molecular complexity index is 411. The number of aromatic nitrogens is 2. The fourth-order valence-electron chi connectivity index (χ4n) is 1.98. The molecule has 0 unspecified atom stereocenters. The van der Waals surface area contributed by atoms with Gasteiger partial charge in [-0.3, -0.25) is 4.79 Å². The molecule has 0 saturated carbocycles. The summed E-state index contributed by atoms with van der Waals surface area (Å²) in [4.78, 5) is 14.7. The predicted molar refractivity (Wildman–Crippen MR) is 59.0 cm³/mol. The van der Waals surface area contributed by atoms with Crippen molar-refractivity contribution in [2.24, 2.45) is 0 Å². The molecule has 0 aromatic carbocycles. The Morgan fingerprint density at radius 1 is 1.50 bits per heavy atom. The van der Waals surface area contributed by atoms with Crippen molar-refractivity contribution >= 4 is 5.97 Å². The van der Waals surface area contributed by atoms with Crippen LogP contribution in [0.15, 0.2) is 4.52 Å². The molecule has 1 N–H and O–H groups in total. The number of nitrogens with zero attached hydrogens (tertiary/aromatic N) is 2. The van der Waals surface area contributed by atoms with Crippen LogP contribution in [0.25, 0.3) is 0 Å². The van der Waals surface area contributed by atoms with E-state index in [-0.39, 0.29) is 12.8 Å². The van der Waals surface area contributed by atoms with Crippen LogP contribution in [0.5, 0.6) is 0 Å². The lowest BCUT2D eigenvalue weighted by atomic mass is 9.93. The van der Waals surface area contributed by atoms with E-state index in [2.05, 4.69) is 10.1 Å². The van der Waals surface area contributed by atoms with Gasteiger partial charge in [0.15, 0.2) is 0 Å². The van der Waals surface area contributed by atoms with Gasteiger partial charge >= 0.3 is 5.97 Å². The molecule has 100 valence electrons. The Morgan fingerprint density at radius 3 is 2.83 bits per heavy atom. The minimum atomic E-state index is -0.887. The minimum Gasteiger partial charge on any atom is -0.481 e. The standard InChI is InChI=1S/C11H16N2O5/c1-16-11(4-6-17-7-5-11)10-12-8(18-13-10)2-3-9(14)15/h2-7H2,1H3,(H,14,15). The van der Waals surface area contributed by atoms with Gasteiger partial charge in [0.2, 0.25) is 11.7 Å². The van der Waals surface area contributed by atoms with Gasteiger partial charge in [0.25, 0.3) is 0 Å². The van der Waals surface area contributed by atoms with Crippen molar-refractivity contribution in [2.75, 3.05) is 20.3 Å². The van der Waals surface area contributed by atoms with E-state index in [0.717, 1.165) is 0 Å². The van der Waals surface area contributed by atoms with Crippen molar-refractivity contribution in [3.8, 4) is 0 Å². The van der Waals surface area contributed by atoms with Crippen molar-refractivity contribution < 1.29 is 23.9 Å². The first-order valence-electron chi connectivity index (χ1n) is 5.84. The lowest BCUT2D eigenvalue weighted by Gasteiger charge is -2.32. The quantitative estimate of drug-likeness (QED) is 0.830. The Morgan fingerprint density at radius 2 is 2.22 bits per heavy atom. The Labute approximate surface area is 104 Å². The van der Waals surface area contributed by atoms with Crippen LogP contribution in [-0.2, 0) is 26.3 Å². The monoisotopic (exact) mass is 256 g/mol. The Hall–Kier alpha value is -1.47. The minimum absolute atomic E-state index is 0.0231. The summed E-state index contributed by atoms with van der Waals surface area (Å²) in [7, 11) is 1.61. The third-order valence-corrected chi connectivity index (χ3v) is 3.12. The molecule has 1 fully saturated rings. The van der Waals surface area contributed by atoms with E-state index in [1.165, 1.54) is 0 Å². The average molecular weight is 256 g/mol. The van der Waals surface area contributed by atoms with Gasteiger partial charge in [0.1, 0.15) is 5.60 Å². The zero-order chi connectivity index (χ0) is 13.0. The van der Waals surface area contributed by atoms with E-state index in [0.29, 0.717) is 37.8 Å². The molecule has 7 nitrogen and oxygen atoms in total. The highest BCUT2D eigenvalue weighted by atomic mass is 16.5. The van der Waals surface area contributed by atoms with Crippen LogP contribution in [0.1, 0.15) is 31.0 Å². The topological polar surface area (TPSA) is 94.7 Å². The lowest BCUT2D eigenvalue weighted by molar-refractivity contribution is -0.137. The van der Waals surface area contributed by atoms with Crippen molar-refractivity contribution in [3.05, 3.63) is 11.7 Å². The van der Waals surface area contributed by atoms with E-state index in [4.69, 9.17) is 19.1 Å². The molecule has 0 spiro atoms. The fraction of sp³-hybridized carbons (Fsp3) is 0.727. The average Bonchev–Trinajstić information content (AvgIpc) is 2.86. The van der Waals surface area contributed by atoms with Gasteiger partial charge in [-0.05, 0) is 0 Å². The summed E-state index contributed by atoms with van der Waals surface area (Å²) >= 11 is 0. The summed E-state index contributed by atoms with van der Waals surface area (Å²) in [5, 5.41) is 12.5. The van der Waals surface area contributed by atoms with Gasteiger partial charge < -0.3 is 19.1 Å². The number of carbonyl (C=O) groups is 1. The molecular formula is C11H16N2O5. The molecule has 1 aliphatic rings. The number of ether oxygens (including phenoxy) is 2. The molecule has 7 heteroatoms. The summed E-state index contributed by atoms with van der Waals surface area (Å²) in [6, 6.07) is 0. The van der Waals surface area contributed by atoms with Gasteiger partial charge in [0.05, 0.1) is 6.42 Å². The van der Waals surface area contributed by atoms with Crippen LogP contribution in [0.3, 0.4) is 0 Å². The predicted octanol–water partition coefficient (Wildman–Crippen LogP) is 0.739. The van der Waals surface area contributed by atoms with E-state index in [1.807, 2.05) is 0 Å². The van der Waals surface area contributed by atoms with Crippen molar-refractivity contribution in [1.82, 2.24) is 10.1 Å². The number of aryl methyl sites for hydroxylation is 1. The van der Waals surface area contributed by atoms with Crippen LogP contribution in [0.2, 0.25) is 0 Å². The number of hydrogen-bond acceptors (Lipinski definition) is 6. The van der Waals surface area contributed by atoms with Gasteiger partial charge in [0, 0.05) is 39.6 Å². The highest BCUT2D eigenvalue weighted by molar-refractivity contribution is 5.66. The molecule has 1 aromatic rings. The maximum Gasteiger partial charge on any atom is 0.303 e. The summed E-state index contributed by atoms with van der Waals surface area (Å²) in [6.45, 7) is 1.18. The highest BCUT2D eigenvalue weighted by Gasteiger charge is 2.39. The largest absolute Gasteiger partial charge is 0.481 e. The van der Waals surface area contributed by atoms with Crippen molar-refractivity contribution in [1.29, 1.82) is 0 Å². The van der Waals surface area contributed by atoms with Crippen LogP contribution in [0, 0.1) is 0 Å². The zero-order valence-electron chi connectivity index (χ0n) is 10.2. The first-order valence-corrected chi connectivity index (χ1v) is 5.84. The van der Waals surface area contributed by atoms with E-state index < -0.39 is 11.6 Å². The van der Waals surface area contributed by atoms with Gasteiger partial charge in [-0.15, -0.1) is 0 Å². The molecule has 0 aliphatic carbocycles. The van der Waals surface area contributed by atoms with E-state index in [1.54, 1.807) is 7.11 Å². The smallest absolute Gasteiger partial charge is 0.303 e. The van der Waals surface area contributed by atoms with Crippen LogP contribution in [-0.4, -0.2) is 41.5 Å². The molecule has 0 amide bonds. The third-order valence-electron chi connectivity index (χ3n) is 3.12. The van der Waals surface area contributed by atoms with E-state index >= 15 is 0 Å². The van der Waals surface area contributed by atoms with E-state index in [9.17, 15) is 4.79 Å². The molecule has 1 aromatic heterocycles. The molecule has 1 saturated heterocycles. The maximum atomic E-state index is 10.5. The number of aliphatic carboxylic acids is 1. The van der Waals surface area contributed by atoms with Crippen molar-refractivity contribution in [3.63, 3.8) is 0 Å². The third kappa shape index (κ3) is 2.68. The Balaban J connectivity index is 2.09. The number of rotatable bonds is 5. The second-order valence-electron chi connectivity index (χ2n) is 4.22. The number of carboxylic acid groups (broad SMARTS) is 1. The summed E-state index contributed by atoms with van der Waals surface area (Å²) in [5.74, 6) is -0.0775. The first-order chi connectivity index (χ1) is 8.66. The normalized spacial score (nSPS) is 18.7. The molecule has 0 bridgehead atoms. The maximum absolute atomic E-state index is 10.5. The van der Waals surface area contributed by atoms with Crippen molar-refractivity contribution in [2.45, 2.75) is 31.3 Å². The SMILES string of the molecule is COC1(c2noc(CCC(=O)O)n2)CCOCC1. The zero-order valence-corrected chi connectivity index (χ0v) is 10.2. The lowest BCUT2D eigenvalue weighted by Crippen LogP contribution is -2.36. The van der Waals surface area contributed by atoms with Gasteiger partial charge in [-0.2, -0.15) is 4.98 Å². The number of carboxylic acids is 1. The molecule has 0 radical (unpaired) electrons. The fourth-order valence-corrected chi connectivity index (χ4v) is 1.98.